The number of fused-ring (bicyclic) bond motifs is 5. The number of rotatable bonds is 7. The van der Waals surface area contributed by atoms with Crippen LogP contribution >= 0.6 is 0 Å². The normalized spacial score (nSPS) is 13.7. The van der Waals surface area contributed by atoms with Gasteiger partial charge in [-0.15, -0.1) is 0 Å². The maximum absolute atomic E-state index is 6.69. The zero-order valence-corrected chi connectivity index (χ0v) is 32.2. The molecule has 2 aromatic heterocycles. The van der Waals surface area contributed by atoms with Gasteiger partial charge in [-0.3, -0.25) is 0 Å². The van der Waals surface area contributed by atoms with Crippen molar-refractivity contribution in [3.63, 3.8) is 0 Å². The van der Waals surface area contributed by atoms with Crippen molar-refractivity contribution in [2.24, 2.45) is 0 Å². The molecular weight excluding hydrogens is 719 g/mol. The molecule has 4 nitrogen and oxygen atoms in total. The van der Waals surface area contributed by atoms with E-state index in [-0.39, 0.29) is 0 Å². The zero-order chi connectivity index (χ0) is 39.1. The van der Waals surface area contributed by atoms with Crippen molar-refractivity contribution in [2.45, 2.75) is 12.3 Å². The topological polar surface area (TPSA) is 51.8 Å². The second kappa shape index (κ2) is 14.7. The van der Waals surface area contributed by atoms with Crippen molar-refractivity contribution in [1.29, 1.82) is 0 Å². The van der Waals surface area contributed by atoms with Gasteiger partial charge in [0.25, 0.3) is 0 Å². The van der Waals surface area contributed by atoms with Gasteiger partial charge in [0, 0.05) is 38.9 Å². The lowest BCUT2D eigenvalue weighted by molar-refractivity contribution is 0.670. The van der Waals surface area contributed by atoms with E-state index in [0.29, 0.717) is 23.4 Å². The highest BCUT2D eigenvalue weighted by Gasteiger charge is 2.20. The van der Waals surface area contributed by atoms with Crippen LogP contribution in [0.4, 0.5) is 0 Å². The van der Waals surface area contributed by atoms with Crippen LogP contribution in [0.2, 0.25) is 0 Å². The molecule has 11 rings (SSSR count). The van der Waals surface area contributed by atoms with Gasteiger partial charge in [0.2, 0.25) is 0 Å². The van der Waals surface area contributed by atoms with Gasteiger partial charge < -0.3 is 4.42 Å². The van der Waals surface area contributed by atoms with Crippen LogP contribution in [0.25, 0.3) is 100 Å². The standard InChI is InChI=1S/C55H37N3O/c1-5-15-36(16-6-1)43-31-44(37-17-7-2-8-18-37)33-45(32-43)38-25-27-42(28-26-38)54-56-53(41-22-11-4-12-23-41)57-55(58-54)46-34-48(39-19-9-3-10-20-39)52-49(35-46)51-47-24-14-13-21-40(47)29-30-50(51)59-52/h1-17,19-35,37H,18H2. The van der Waals surface area contributed by atoms with E-state index in [0.717, 1.165) is 72.5 Å². The molecule has 10 aromatic rings. The minimum Gasteiger partial charge on any atom is -0.455 e. The first kappa shape index (κ1) is 34.5. The SMILES string of the molecule is C1=CCC(c2cc(-c3ccccc3)cc(-c3ccc(-c4nc(-c5ccccc5)nc(-c5cc(-c6ccccc6)c6oc7ccc8ccccc8c7c6c5)n4)cc3)c2)C=C1. The summed E-state index contributed by atoms with van der Waals surface area (Å²) in [7, 11) is 0. The third-order valence-electron chi connectivity index (χ3n) is 11.4. The third-order valence-corrected chi connectivity index (χ3v) is 11.4. The molecule has 59 heavy (non-hydrogen) atoms. The molecule has 0 N–H and O–H groups in total. The fraction of sp³-hybridized carbons (Fsp3) is 0.0364. The first-order chi connectivity index (χ1) is 29.2. The van der Waals surface area contributed by atoms with E-state index in [1.54, 1.807) is 0 Å². The summed E-state index contributed by atoms with van der Waals surface area (Å²) in [4.78, 5) is 15.5. The number of nitrogens with zero attached hydrogens (tertiary/aromatic N) is 3. The van der Waals surface area contributed by atoms with Crippen molar-refractivity contribution in [3.8, 4) is 67.5 Å². The number of allylic oxidation sites excluding steroid dienone is 4. The van der Waals surface area contributed by atoms with Crippen molar-refractivity contribution in [2.75, 3.05) is 0 Å². The number of furan rings is 1. The Morgan fingerprint density at radius 2 is 1.00 bits per heavy atom. The molecule has 1 unspecified atom stereocenters. The monoisotopic (exact) mass is 755 g/mol. The summed E-state index contributed by atoms with van der Waals surface area (Å²) in [5.74, 6) is 2.17. The molecule has 1 atom stereocenters. The Bertz CT molecular complexity index is 3220. The minimum absolute atomic E-state index is 0.335. The first-order valence-electron chi connectivity index (χ1n) is 20.1. The Morgan fingerprint density at radius 3 is 1.68 bits per heavy atom. The van der Waals surface area contributed by atoms with Gasteiger partial charge in [-0.25, -0.2) is 15.0 Å². The summed E-state index contributed by atoms with van der Waals surface area (Å²) in [5.41, 5.74) is 12.5. The van der Waals surface area contributed by atoms with Crippen molar-refractivity contribution in [1.82, 2.24) is 15.0 Å². The maximum Gasteiger partial charge on any atom is 0.164 e. The van der Waals surface area contributed by atoms with E-state index in [1.165, 1.54) is 22.3 Å². The average Bonchev–Trinajstić information content (AvgIpc) is 3.71. The largest absolute Gasteiger partial charge is 0.455 e. The lowest BCUT2D eigenvalue weighted by atomic mass is 9.87. The molecule has 2 heterocycles. The van der Waals surface area contributed by atoms with Crippen molar-refractivity contribution in [3.05, 3.63) is 212 Å². The molecule has 0 aliphatic heterocycles. The summed E-state index contributed by atoms with van der Waals surface area (Å²) in [6, 6.07) is 63.9. The van der Waals surface area contributed by atoms with E-state index < -0.39 is 0 Å². The highest BCUT2D eigenvalue weighted by atomic mass is 16.3. The first-order valence-corrected chi connectivity index (χ1v) is 20.1. The van der Waals surface area contributed by atoms with Crippen LogP contribution in [0.3, 0.4) is 0 Å². The van der Waals surface area contributed by atoms with Crippen LogP contribution in [0, 0.1) is 0 Å². The van der Waals surface area contributed by atoms with E-state index in [2.05, 4.69) is 182 Å². The fourth-order valence-electron chi connectivity index (χ4n) is 8.43. The predicted molar refractivity (Wildman–Crippen MR) is 243 cm³/mol. The van der Waals surface area contributed by atoms with Gasteiger partial charge >= 0.3 is 0 Å². The van der Waals surface area contributed by atoms with Gasteiger partial charge in [-0.05, 0) is 74.8 Å². The molecule has 1 aliphatic rings. The zero-order valence-electron chi connectivity index (χ0n) is 32.2. The lowest BCUT2D eigenvalue weighted by Crippen LogP contribution is -2.00. The molecule has 0 spiro atoms. The van der Waals surface area contributed by atoms with Crippen molar-refractivity contribution < 1.29 is 4.42 Å². The van der Waals surface area contributed by atoms with Gasteiger partial charge in [0.05, 0.1) is 0 Å². The maximum atomic E-state index is 6.69. The molecule has 0 saturated heterocycles. The van der Waals surface area contributed by atoms with E-state index in [9.17, 15) is 0 Å². The Labute approximate surface area is 342 Å². The average molecular weight is 756 g/mol. The highest BCUT2D eigenvalue weighted by molar-refractivity contribution is 6.21. The molecule has 0 radical (unpaired) electrons. The number of benzene rings is 8. The van der Waals surface area contributed by atoms with E-state index in [4.69, 9.17) is 19.4 Å². The minimum atomic E-state index is 0.335. The molecule has 4 heteroatoms. The quantitative estimate of drug-likeness (QED) is 0.163. The van der Waals surface area contributed by atoms with Gasteiger partial charge in [0.1, 0.15) is 11.2 Å². The molecular formula is C55H37N3O. The lowest BCUT2D eigenvalue weighted by Gasteiger charge is -2.17. The van der Waals surface area contributed by atoms with E-state index >= 15 is 0 Å². The smallest absolute Gasteiger partial charge is 0.164 e. The van der Waals surface area contributed by atoms with Crippen LogP contribution in [0.5, 0.6) is 0 Å². The summed E-state index contributed by atoms with van der Waals surface area (Å²) in [6.07, 6.45) is 9.84. The molecule has 8 aromatic carbocycles. The van der Waals surface area contributed by atoms with Crippen LogP contribution in [-0.2, 0) is 0 Å². The van der Waals surface area contributed by atoms with Gasteiger partial charge in [-0.2, -0.15) is 0 Å². The number of hydrogen-bond donors (Lipinski definition) is 0. The molecule has 278 valence electrons. The second-order valence-electron chi connectivity index (χ2n) is 15.1. The summed E-state index contributed by atoms with van der Waals surface area (Å²) in [6.45, 7) is 0. The summed E-state index contributed by atoms with van der Waals surface area (Å²) in [5, 5.41) is 4.42. The predicted octanol–water partition coefficient (Wildman–Crippen LogP) is 14.5. The Kier molecular flexibility index (Phi) is 8.59. The second-order valence-corrected chi connectivity index (χ2v) is 15.1. The Hall–Kier alpha value is -7.69. The van der Waals surface area contributed by atoms with Crippen LogP contribution in [-0.4, -0.2) is 15.0 Å². The molecule has 0 amide bonds. The summed E-state index contributed by atoms with van der Waals surface area (Å²) >= 11 is 0. The van der Waals surface area contributed by atoms with Crippen LogP contribution in [0.15, 0.2) is 211 Å². The molecule has 0 bridgehead atoms. The summed E-state index contributed by atoms with van der Waals surface area (Å²) < 4.78 is 6.69. The Morgan fingerprint density at radius 1 is 0.424 bits per heavy atom. The number of hydrogen-bond acceptors (Lipinski definition) is 4. The molecule has 1 aliphatic carbocycles. The van der Waals surface area contributed by atoms with Gasteiger partial charge in [0.15, 0.2) is 17.5 Å². The molecule has 0 fully saturated rings. The fourth-order valence-corrected chi connectivity index (χ4v) is 8.43. The number of aromatic nitrogens is 3. The highest BCUT2D eigenvalue weighted by Crippen LogP contribution is 2.42. The van der Waals surface area contributed by atoms with Crippen LogP contribution in [0.1, 0.15) is 17.9 Å². The van der Waals surface area contributed by atoms with Crippen LogP contribution < -0.4 is 0 Å². The van der Waals surface area contributed by atoms with Gasteiger partial charge in [-0.1, -0.05) is 182 Å². The Balaban J connectivity index is 1.07. The van der Waals surface area contributed by atoms with Crippen molar-refractivity contribution >= 4 is 32.7 Å². The van der Waals surface area contributed by atoms with E-state index in [1.807, 2.05) is 24.3 Å². The third kappa shape index (κ3) is 6.51. The molecule has 0 saturated carbocycles.